The third-order valence-corrected chi connectivity index (χ3v) is 5.21. The van der Waals surface area contributed by atoms with Crippen molar-refractivity contribution in [1.82, 2.24) is 4.98 Å². The third-order valence-electron chi connectivity index (χ3n) is 2.84. The summed E-state index contributed by atoms with van der Waals surface area (Å²) in [4.78, 5) is 19.3. The molecule has 0 saturated carbocycles. The van der Waals surface area contributed by atoms with Crippen LogP contribution in [0.2, 0.25) is 5.02 Å². The lowest BCUT2D eigenvalue weighted by molar-refractivity contribution is -0.115. The van der Waals surface area contributed by atoms with E-state index in [9.17, 15) is 4.79 Å². The van der Waals surface area contributed by atoms with Crippen LogP contribution in [0.15, 0.2) is 30.5 Å². The van der Waals surface area contributed by atoms with Crippen LogP contribution in [0.4, 0.5) is 5.13 Å². The summed E-state index contributed by atoms with van der Waals surface area (Å²) in [7, 11) is 0. The van der Waals surface area contributed by atoms with E-state index in [-0.39, 0.29) is 11.3 Å². The molecule has 1 aromatic carbocycles. The van der Waals surface area contributed by atoms with Gasteiger partial charge in [0.15, 0.2) is 5.13 Å². The van der Waals surface area contributed by atoms with Crippen LogP contribution in [-0.2, 0) is 4.79 Å². The van der Waals surface area contributed by atoms with Gasteiger partial charge in [-0.25, -0.2) is 4.98 Å². The van der Waals surface area contributed by atoms with E-state index >= 15 is 0 Å². The molecule has 2 aromatic rings. The zero-order chi connectivity index (χ0) is 13.4. The smallest absolute Gasteiger partial charge is 0.240 e. The van der Waals surface area contributed by atoms with Crippen molar-refractivity contribution in [2.75, 3.05) is 10.7 Å². The number of thioether (sulfide) groups is 1. The third kappa shape index (κ3) is 2.50. The summed E-state index contributed by atoms with van der Waals surface area (Å²) in [5.74, 6) is 0.602. The number of anilines is 1. The van der Waals surface area contributed by atoms with E-state index in [1.807, 2.05) is 31.2 Å². The molecule has 1 fully saturated rings. The molecule has 1 aliphatic heterocycles. The number of halogens is 1. The fraction of sp³-hybridized carbons (Fsp3) is 0.231. The molecule has 0 unspecified atom stereocenters. The molecular weight excluding hydrogens is 300 g/mol. The zero-order valence-electron chi connectivity index (χ0n) is 10.2. The first-order chi connectivity index (χ1) is 9.15. The predicted molar refractivity (Wildman–Crippen MR) is 81.0 cm³/mol. The summed E-state index contributed by atoms with van der Waals surface area (Å²) in [6.45, 7) is 1.99. The molecule has 0 bridgehead atoms. The number of carbonyl (C=O) groups excluding carboxylic acids is 1. The minimum atomic E-state index is -0.00434. The Morgan fingerprint density at radius 1 is 1.37 bits per heavy atom. The molecule has 6 heteroatoms. The van der Waals surface area contributed by atoms with Crippen molar-refractivity contribution in [2.45, 2.75) is 12.3 Å². The lowest BCUT2D eigenvalue weighted by atomic mass is 10.2. The molecule has 3 nitrogen and oxygen atoms in total. The van der Waals surface area contributed by atoms with Crippen LogP contribution in [0.1, 0.15) is 15.8 Å². The fourth-order valence-corrected chi connectivity index (χ4v) is 4.11. The Balaban J connectivity index is 1.96. The second-order valence-corrected chi connectivity index (χ2v) is 6.95. The Bertz CT molecular complexity index is 611. The minimum absolute atomic E-state index is 0.00434. The number of hydrogen-bond donors (Lipinski definition) is 0. The molecule has 2 heterocycles. The van der Waals surface area contributed by atoms with E-state index < -0.39 is 0 Å². The molecule has 1 aromatic heterocycles. The van der Waals surface area contributed by atoms with Crippen molar-refractivity contribution in [1.29, 1.82) is 0 Å². The van der Waals surface area contributed by atoms with E-state index in [4.69, 9.17) is 11.6 Å². The Hall–Kier alpha value is -1.04. The normalized spacial score (nSPS) is 19.2. The van der Waals surface area contributed by atoms with E-state index in [0.29, 0.717) is 10.8 Å². The van der Waals surface area contributed by atoms with Crippen molar-refractivity contribution in [3.63, 3.8) is 0 Å². The molecule has 0 N–H and O–H groups in total. The topological polar surface area (TPSA) is 33.2 Å². The maximum absolute atomic E-state index is 12.1. The van der Waals surface area contributed by atoms with Crippen LogP contribution < -0.4 is 4.90 Å². The van der Waals surface area contributed by atoms with Crippen LogP contribution in [0, 0.1) is 6.92 Å². The monoisotopic (exact) mass is 310 g/mol. The standard InChI is InChI=1S/C13H11ClN2OS2/c1-8-6-15-13(19-8)16-11(17)7-18-12(16)9-2-4-10(14)5-3-9/h2-6,12H,7H2,1H3/t12-/m1/s1. The van der Waals surface area contributed by atoms with Gasteiger partial charge in [-0.3, -0.25) is 9.69 Å². The highest BCUT2D eigenvalue weighted by Crippen LogP contribution is 2.42. The second kappa shape index (κ2) is 5.15. The van der Waals surface area contributed by atoms with Crippen molar-refractivity contribution < 1.29 is 4.79 Å². The molecule has 1 atom stereocenters. The minimum Gasteiger partial charge on any atom is -0.273 e. The molecule has 1 saturated heterocycles. The summed E-state index contributed by atoms with van der Waals surface area (Å²) < 4.78 is 0. The van der Waals surface area contributed by atoms with E-state index in [1.165, 1.54) is 0 Å². The lowest BCUT2D eigenvalue weighted by Crippen LogP contribution is -2.27. The van der Waals surface area contributed by atoms with Crippen LogP contribution in [-0.4, -0.2) is 16.6 Å². The van der Waals surface area contributed by atoms with Gasteiger partial charge < -0.3 is 0 Å². The Morgan fingerprint density at radius 2 is 2.11 bits per heavy atom. The predicted octanol–water partition coefficient (Wildman–Crippen LogP) is 3.88. The maximum Gasteiger partial charge on any atom is 0.240 e. The highest BCUT2D eigenvalue weighted by molar-refractivity contribution is 8.00. The van der Waals surface area contributed by atoms with Crippen LogP contribution in [0.25, 0.3) is 0 Å². The highest BCUT2D eigenvalue weighted by atomic mass is 35.5. The first-order valence-electron chi connectivity index (χ1n) is 5.77. The molecular formula is C13H11ClN2OS2. The molecule has 1 amide bonds. The van der Waals surface area contributed by atoms with Crippen molar-refractivity contribution >= 4 is 45.7 Å². The van der Waals surface area contributed by atoms with Gasteiger partial charge in [0.2, 0.25) is 5.91 Å². The van der Waals surface area contributed by atoms with Crippen LogP contribution >= 0.6 is 34.7 Å². The molecule has 0 aliphatic carbocycles. The summed E-state index contributed by atoms with van der Waals surface area (Å²) in [5, 5.41) is 1.47. The Kier molecular flexibility index (Phi) is 3.52. The maximum atomic E-state index is 12.1. The molecule has 3 rings (SSSR count). The number of nitrogens with zero attached hydrogens (tertiary/aromatic N) is 2. The number of amides is 1. The summed E-state index contributed by atoms with van der Waals surface area (Å²) in [6, 6.07) is 7.63. The number of rotatable bonds is 2. The van der Waals surface area contributed by atoms with Gasteiger partial charge in [-0.2, -0.15) is 0 Å². The van der Waals surface area contributed by atoms with Gasteiger partial charge in [0.1, 0.15) is 5.37 Å². The Labute approximate surface area is 124 Å². The first-order valence-corrected chi connectivity index (χ1v) is 8.01. The van der Waals surface area contributed by atoms with Gasteiger partial charge in [0.05, 0.1) is 5.75 Å². The number of hydrogen-bond acceptors (Lipinski definition) is 4. The van der Waals surface area contributed by atoms with E-state index in [1.54, 1.807) is 34.2 Å². The van der Waals surface area contributed by atoms with Gasteiger partial charge in [0, 0.05) is 16.1 Å². The first kappa shape index (κ1) is 13.0. The SMILES string of the molecule is Cc1cnc(N2C(=O)CS[C@@H]2c2ccc(Cl)cc2)s1. The van der Waals surface area contributed by atoms with Crippen molar-refractivity contribution in [3.05, 3.63) is 45.9 Å². The molecule has 1 aliphatic rings. The summed E-state index contributed by atoms with van der Waals surface area (Å²) >= 11 is 9.07. The van der Waals surface area contributed by atoms with Gasteiger partial charge >= 0.3 is 0 Å². The number of thiazole rings is 1. The van der Waals surface area contributed by atoms with Crippen molar-refractivity contribution in [2.24, 2.45) is 0 Å². The number of aryl methyl sites for hydroxylation is 1. The average molecular weight is 311 g/mol. The zero-order valence-corrected chi connectivity index (χ0v) is 12.6. The average Bonchev–Trinajstić information content (AvgIpc) is 2.96. The summed E-state index contributed by atoms with van der Waals surface area (Å²) in [5.41, 5.74) is 1.08. The molecule has 0 radical (unpaired) electrons. The lowest BCUT2D eigenvalue weighted by Gasteiger charge is -2.21. The highest BCUT2D eigenvalue weighted by Gasteiger charge is 2.35. The molecule has 0 spiro atoms. The Morgan fingerprint density at radius 3 is 2.74 bits per heavy atom. The number of benzene rings is 1. The van der Waals surface area contributed by atoms with E-state index in [0.717, 1.165) is 15.6 Å². The quantitative estimate of drug-likeness (QED) is 0.844. The number of aromatic nitrogens is 1. The largest absolute Gasteiger partial charge is 0.273 e. The van der Waals surface area contributed by atoms with Crippen LogP contribution in [0.5, 0.6) is 0 Å². The molecule has 19 heavy (non-hydrogen) atoms. The van der Waals surface area contributed by atoms with Gasteiger partial charge in [-0.1, -0.05) is 23.7 Å². The van der Waals surface area contributed by atoms with Crippen molar-refractivity contribution in [3.8, 4) is 0 Å². The number of carbonyl (C=O) groups is 1. The summed E-state index contributed by atoms with van der Waals surface area (Å²) in [6.07, 6.45) is 1.80. The van der Waals surface area contributed by atoms with Crippen LogP contribution in [0.3, 0.4) is 0 Å². The second-order valence-electron chi connectivity index (χ2n) is 4.23. The van der Waals surface area contributed by atoms with Gasteiger partial charge in [-0.15, -0.1) is 23.1 Å². The molecule has 98 valence electrons. The fourth-order valence-electron chi connectivity index (χ4n) is 1.96. The van der Waals surface area contributed by atoms with E-state index in [2.05, 4.69) is 4.98 Å². The van der Waals surface area contributed by atoms with Gasteiger partial charge in [-0.05, 0) is 24.6 Å². The van der Waals surface area contributed by atoms with Gasteiger partial charge in [0.25, 0.3) is 0 Å².